The molecule has 5 heteroatoms. The van der Waals surface area contributed by atoms with Crippen LogP contribution in [0.25, 0.3) is 0 Å². The van der Waals surface area contributed by atoms with Crippen LogP contribution < -0.4 is 5.32 Å². The number of likely N-dealkylation sites (N-methyl/N-ethyl adjacent to an activating group) is 2. The molecule has 0 unspecified atom stereocenters. The molecule has 0 aliphatic rings. The monoisotopic (exact) mass is 248 g/mol. The van der Waals surface area contributed by atoms with Crippen LogP contribution in [-0.4, -0.2) is 38.0 Å². The molecule has 1 aromatic rings. The Hall–Kier alpha value is -0.580. The van der Waals surface area contributed by atoms with Crippen LogP contribution in [0.4, 0.5) is 0 Å². The summed E-state index contributed by atoms with van der Waals surface area (Å²) in [5.74, 6) is 0.143. The van der Waals surface area contributed by atoms with Gasteiger partial charge in [0.05, 0.1) is 6.54 Å². The van der Waals surface area contributed by atoms with Gasteiger partial charge < -0.3 is 10.2 Å². The lowest BCUT2D eigenvalue weighted by molar-refractivity contribution is -0.128. The van der Waals surface area contributed by atoms with Gasteiger partial charge in [-0.1, -0.05) is 6.07 Å². The maximum absolute atomic E-state index is 11.4. The van der Waals surface area contributed by atoms with Crippen LogP contribution in [0, 0.1) is 0 Å². The van der Waals surface area contributed by atoms with Gasteiger partial charge in [0.1, 0.15) is 0 Å². The van der Waals surface area contributed by atoms with Crippen LogP contribution in [0.2, 0.25) is 0 Å². The average Bonchev–Trinajstić information content (AvgIpc) is 2.67. The smallest absolute Gasteiger partial charge is 0.236 e. The Morgan fingerprint density at radius 3 is 2.87 bits per heavy atom. The van der Waals surface area contributed by atoms with Gasteiger partial charge in [0, 0.05) is 18.5 Å². The van der Waals surface area contributed by atoms with E-state index < -0.39 is 0 Å². The van der Waals surface area contributed by atoms with E-state index in [2.05, 4.69) is 16.8 Å². The van der Waals surface area contributed by atoms with Crippen molar-refractivity contribution in [2.75, 3.05) is 27.2 Å². The third-order valence-corrected chi connectivity index (χ3v) is 2.96. The van der Waals surface area contributed by atoms with Crippen molar-refractivity contribution in [3.63, 3.8) is 0 Å². The van der Waals surface area contributed by atoms with Crippen molar-refractivity contribution in [2.24, 2.45) is 0 Å². The van der Waals surface area contributed by atoms with E-state index in [-0.39, 0.29) is 18.3 Å². The molecule has 1 N–H and O–H groups in total. The zero-order valence-corrected chi connectivity index (χ0v) is 10.7. The number of rotatable bonds is 5. The lowest BCUT2D eigenvalue weighted by atomic mass is 10.3. The maximum Gasteiger partial charge on any atom is 0.236 e. The van der Waals surface area contributed by atoms with Gasteiger partial charge in [-0.3, -0.25) is 4.79 Å². The normalized spacial score (nSPS) is 9.47. The fourth-order valence-corrected chi connectivity index (χ4v) is 1.84. The minimum absolute atomic E-state index is 0. The highest BCUT2D eigenvalue weighted by molar-refractivity contribution is 7.09. The highest BCUT2D eigenvalue weighted by Crippen LogP contribution is 2.09. The predicted octanol–water partition coefficient (Wildman–Crippen LogP) is 1.39. The van der Waals surface area contributed by atoms with E-state index in [1.807, 2.05) is 13.1 Å². The molecule has 0 bridgehead atoms. The zero-order valence-electron chi connectivity index (χ0n) is 9.03. The van der Waals surface area contributed by atoms with Crippen LogP contribution in [-0.2, 0) is 11.2 Å². The Bertz CT molecular complexity index is 277. The second-order valence-electron chi connectivity index (χ2n) is 3.17. The van der Waals surface area contributed by atoms with Gasteiger partial charge in [0.15, 0.2) is 0 Å². The topological polar surface area (TPSA) is 32.3 Å². The van der Waals surface area contributed by atoms with Crippen molar-refractivity contribution in [3.8, 4) is 0 Å². The fraction of sp³-hybridized carbons (Fsp3) is 0.500. The Balaban J connectivity index is 0.00000196. The van der Waals surface area contributed by atoms with Crippen molar-refractivity contribution in [1.29, 1.82) is 0 Å². The van der Waals surface area contributed by atoms with Gasteiger partial charge in [-0.15, -0.1) is 23.7 Å². The summed E-state index contributed by atoms with van der Waals surface area (Å²) in [6.07, 6.45) is 0.948. The van der Waals surface area contributed by atoms with Gasteiger partial charge in [-0.25, -0.2) is 0 Å². The zero-order chi connectivity index (χ0) is 10.4. The van der Waals surface area contributed by atoms with Gasteiger partial charge >= 0.3 is 0 Å². The summed E-state index contributed by atoms with van der Waals surface area (Å²) >= 11 is 1.74. The molecule has 86 valence electrons. The molecule has 1 heterocycles. The van der Waals surface area contributed by atoms with E-state index >= 15 is 0 Å². The first-order chi connectivity index (χ1) is 6.74. The second-order valence-corrected chi connectivity index (χ2v) is 4.21. The first kappa shape index (κ1) is 14.4. The number of hydrogen-bond acceptors (Lipinski definition) is 3. The Morgan fingerprint density at radius 2 is 2.33 bits per heavy atom. The molecule has 0 spiro atoms. The van der Waals surface area contributed by atoms with Crippen molar-refractivity contribution < 1.29 is 4.79 Å². The summed E-state index contributed by atoms with van der Waals surface area (Å²) in [5, 5.41) is 4.91. The molecule has 1 amide bonds. The number of hydrogen-bond donors (Lipinski definition) is 1. The van der Waals surface area contributed by atoms with Crippen molar-refractivity contribution >= 4 is 29.7 Å². The first-order valence-electron chi connectivity index (χ1n) is 4.65. The van der Waals surface area contributed by atoms with E-state index in [4.69, 9.17) is 0 Å². The number of carbonyl (C=O) groups excluding carboxylic acids is 1. The van der Waals surface area contributed by atoms with Crippen molar-refractivity contribution in [1.82, 2.24) is 10.2 Å². The van der Waals surface area contributed by atoms with E-state index in [0.29, 0.717) is 6.54 Å². The molecule has 0 radical (unpaired) electrons. The molecule has 3 nitrogen and oxygen atoms in total. The van der Waals surface area contributed by atoms with Crippen LogP contribution >= 0.6 is 23.7 Å². The molecular formula is C10H17ClN2OS. The standard InChI is InChI=1S/C10H16N2OS.ClH/c1-11-8-10(13)12(2)6-5-9-4-3-7-14-9;/h3-4,7,11H,5-6,8H2,1-2H3;1H. The fourth-order valence-electron chi connectivity index (χ4n) is 1.14. The number of carbonyl (C=O) groups is 1. The minimum atomic E-state index is 0. The third kappa shape index (κ3) is 5.16. The molecule has 0 saturated carbocycles. The maximum atomic E-state index is 11.4. The van der Waals surface area contributed by atoms with Gasteiger partial charge in [0.25, 0.3) is 0 Å². The number of nitrogens with zero attached hydrogens (tertiary/aromatic N) is 1. The largest absolute Gasteiger partial charge is 0.344 e. The van der Waals surface area contributed by atoms with Crippen LogP contribution in [0.5, 0.6) is 0 Å². The number of amides is 1. The number of halogens is 1. The van der Waals surface area contributed by atoms with Gasteiger partial charge in [-0.2, -0.15) is 0 Å². The van der Waals surface area contributed by atoms with Crippen molar-refractivity contribution in [3.05, 3.63) is 22.4 Å². The quantitative estimate of drug-likeness (QED) is 0.854. The summed E-state index contributed by atoms with van der Waals surface area (Å²) < 4.78 is 0. The molecule has 0 fully saturated rings. The van der Waals surface area contributed by atoms with E-state index in [1.54, 1.807) is 23.3 Å². The first-order valence-corrected chi connectivity index (χ1v) is 5.53. The van der Waals surface area contributed by atoms with Crippen molar-refractivity contribution in [2.45, 2.75) is 6.42 Å². The summed E-state index contributed by atoms with van der Waals surface area (Å²) in [6, 6.07) is 4.14. The highest BCUT2D eigenvalue weighted by Gasteiger charge is 2.06. The van der Waals surface area contributed by atoms with Crippen LogP contribution in [0.1, 0.15) is 4.88 Å². The molecule has 0 aliphatic heterocycles. The Morgan fingerprint density at radius 1 is 1.60 bits per heavy atom. The van der Waals surface area contributed by atoms with Gasteiger partial charge in [-0.05, 0) is 24.9 Å². The summed E-state index contributed by atoms with van der Waals surface area (Å²) in [7, 11) is 3.62. The number of thiophene rings is 1. The molecule has 15 heavy (non-hydrogen) atoms. The average molecular weight is 249 g/mol. The predicted molar refractivity (Wildman–Crippen MR) is 66.8 cm³/mol. The van der Waals surface area contributed by atoms with E-state index in [0.717, 1.165) is 13.0 Å². The summed E-state index contributed by atoms with van der Waals surface area (Å²) in [6.45, 7) is 1.21. The second kappa shape index (κ2) is 7.68. The molecule has 1 rings (SSSR count). The summed E-state index contributed by atoms with van der Waals surface area (Å²) in [5.41, 5.74) is 0. The lowest BCUT2D eigenvalue weighted by Crippen LogP contribution is -2.35. The third-order valence-electron chi connectivity index (χ3n) is 2.03. The lowest BCUT2D eigenvalue weighted by Gasteiger charge is -2.16. The molecule has 0 saturated heterocycles. The van der Waals surface area contributed by atoms with Gasteiger partial charge in [0.2, 0.25) is 5.91 Å². The van der Waals surface area contributed by atoms with E-state index in [1.165, 1.54) is 4.88 Å². The molecule has 0 aliphatic carbocycles. The number of nitrogens with one attached hydrogen (secondary N) is 1. The molecular weight excluding hydrogens is 232 g/mol. The minimum Gasteiger partial charge on any atom is -0.344 e. The highest BCUT2D eigenvalue weighted by atomic mass is 35.5. The molecule has 0 atom stereocenters. The van der Waals surface area contributed by atoms with Crippen LogP contribution in [0.3, 0.4) is 0 Å². The molecule has 0 aromatic carbocycles. The van der Waals surface area contributed by atoms with Crippen LogP contribution in [0.15, 0.2) is 17.5 Å². The molecule has 1 aromatic heterocycles. The van der Waals surface area contributed by atoms with E-state index in [9.17, 15) is 4.79 Å². The Labute approximate surface area is 101 Å². The Kier molecular flexibility index (Phi) is 7.38. The SMILES string of the molecule is CNCC(=O)N(C)CCc1cccs1.Cl. The summed E-state index contributed by atoms with van der Waals surface area (Å²) in [4.78, 5) is 14.5.